The van der Waals surface area contributed by atoms with Gasteiger partial charge in [0.2, 0.25) is 0 Å². The van der Waals surface area contributed by atoms with Gasteiger partial charge in [-0.05, 0) is 31.9 Å². The van der Waals surface area contributed by atoms with E-state index in [1.54, 1.807) is 14.2 Å². The number of rotatable bonds is 2. The molecule has 0 radical (unpaired) electrons. The van der Waals surface area contributed by atoms with E-state index in [4.69, 9.17) is 9.47 Å². The summed E-state index contributed by atoms with van der Waals surface area (Å²) in [5.41, 5.74) is 1.62. The van der Waals surface area contributed by atoms with Crippen LogP contribution in [-0.2, 0) is 12.8 Å². The van der Waals surface area contributed by atoms with Gasteiger partial charge in [0.25, 0.3) is 0 Å². The Bertz CT molecular complexity index is 396. The average molecular weight is 222 g/mol. The van der Waals surface area contributed by atoms with Gasteiger partial charge in [-0.15, -0.1) is 0 Å². The number of benzene rings is 1. The van der Waals surface area contributed by atoms with Gasteiger partial charge in [0, 0.05) is 17.5 Å². The lowest BCUT2D eigenvalue weighted by molar-refractivity contribution is 0.0447. The molecule has 0 aromatic heterocycles. The van der Waals surface area contributed by atoms with E-state index < -0.39 is 5.60 Å². The summed E-state index contributed by atoms with van der Waals surface area (Å²) in [6.45, 7) is 1.87. The highest BCUT2D eigenvalue weighted by Crippen LogP contribution is 2.39. The van der Waals surface area contributed by atoms with Gasteiger partial charge in [0.05, 0.1) is 19.8 Å². The van der Waals surface area contributed by atoms with E-state index in [0.717, 1.165) is 29.9 Å². The van der Waals surface area contributed by atoms with Crippen LogP contribution < -0.4 is 9.47 Å². The van der Waals surface area contributed by atoms with Crippen molar-refractivity contribution in [2.24, 2.45) is 0 Å². The van der Waals surface area contributed by atoms with E-state index >= 15 is 0 Å². The maximum atomic E-state index is 10.1. The Morgan fingerprint density at radius 1 is 1.12 bits per heavy atom. The molecule has 0 amide bonds. The topological polar surface area (TPSA) is 38.7 Å². The van der Waals surface area contributed by atoms with Crippen LogP contribution in [0.1, 0.15) is 24.5 Å². The largest absolute Gasteiger partial charge is 0.496 e. The minimum Gasteiger partial charge on any atom is -0.496 e. The van der Waals surface area contributed by atoms with E-state index in [1.165, 1.54) is 5.56 Å². The Morgan fingerprint density at radius 3 is 2.25 bits per heavy atom. The van der Waals surface area contributed by atoms with Crippen LogP contribution in [0.5, 0.6) is 11.5 Å². The van der Waals surface area contributed by atoms with Crippen LogP contribution in [0.4, 0.5) is 0 Å². The van der Waals surface area contributed by atoms with Gasteiger partial charge in [-0.2, -0.15) is 0 Å². The van der Waals surface area contributed by atoms with E-state index in [-0.39, 0.29) is 0 Å². The van der Waals surface area contributed by atoms with Crippen LogP contribution in [0.15, 0.2) is 12.1 Å². The summed E-state index contributed by atoms with van der Waals surface area (Å²) in [7, 11) is 3.33. The van der Waals surface area contributed by atoms with E-state index in [9.17, 15) is 5.11 Å². The van der Waals surface area contributed by atoms with Crippen LogP contribution in [-0.4, -0.2) is 24.9 Å². The zero-order valence-electron chi connectivity index (χ0n) is 10.0. The summed E-state index contributed by atoms with van der Waals surface area (Å²) < 4.78 is 10.7. The van der Waals surface area contributed by atoms with Crippen molar-refractivity contribution < 1.29 is 14.6 Å². The highest BCUT2D eigenvalue weighted by molar-refractivity contribution is 5.50. The fourth-order valence-corrected chi connectivity index (χ4v) is 2.36. The lowest BCUT2D eigenvalue weighted by Crippen LogP contribution is -2.32. The van der Waals surface area contributed by atoms with Crippen LogP contribution in [0.25, 0.3) is 0 Å². The average Bonchev–Trinajstić information content (AvgIpc) is 2.26. The molecular weight excluding hydrogens is 204 g/mol. The summed E-state index contributed by atoms with van der Waals surface area (Å²) in [6.07, 6.45) is 2.23. The molecule has 16 heavy (non-hydrogen) atoms. The molecule has 0 unspecified atom stereocenters. The molecular formula is C13H18O3. The van der Waals surface area contributed by atoms with Crippen LogP contribution in [0.3, 0.4) is 0 Å². The molecule has 1 aromatic carbocycles. The molecule has 3 nitrogen and oxygen atoms in total. The van der Waals surface area contributed by atoms with Gasteiger partial charge < -0.3 is 14.6 Å². The first-order valence-electron chi connectivity index (χ1n) is 5.52. The van der Waals surface area contributed by atoms with Crippen molar-refractivity contribution in [2.75, 3.05) is 14.2 Å². The Morgan fingerprint density at radius 2 is 1.69 bits per heavy atom. The lowest BCUT2D eigenvalue weighted by Gasteiger charge is -2.31. The second-order valence-electron chi connectivity index (χ2n) is 4.60. The Hall–Kier alpha value is -1.22. The third-order valence-electron chi connectivity index (χ3n) is 3.26. The molecule has 0 saturated heterocycles. The second kappa shape index (κ2) is 3.98. The summed E-state index contributed by atoms with van der Waals surface area (Å²) in [5.74, 6) is 1.74. The highest BCUT2D eigenvalue weighted by Gasteiger charge is 2.31. The molecule has 1 aromatic rings. The molecule has 1 aliphatic rings. The van der Waals surface area contributed by atoms with Crippen LogP contribution >= 0.6 is 0 Å². The monoisotopic (exact) mass is 222 g/mol. The van der Waals surface area contributed by atoms with Crippen molar-refractivity contribution in [3.05, 3.63) is 23.3 Å². The molecule has 0 saturated carbocycles. The van der Waals surface area contributed by atoms with Crippen LogP contribution in [0, 0.1) is 0 Å². The van der Waals surface area contributed by atoms with Crippen molar-refractivity contribution in [3.8, 4) is 11.5 Å². The maximum absolute atomic E-state index is 10.1. The highest BCUT2D eigenvalue weighted by atomic mass is 16.5. The van der Waals surface area contributed by atoms with E-state index in [2.05, 4.69) is 0 Å². The first-order valence-corrected chi connectivity index (χ1v) is 5.52. The molecule has 0 aliphatic heterocycles. The first-order chi connectivity index (χ1) is 7.57. The van der Waals surface area contributed by atoms with Crippen LogP contribution in [0.2, 0.25) is 0 Å². The van der Waals surface area contributed by atoms with Crippen molar-refractivity contribution in [1.29, 1.82) is 0 Å². The molecule has 2 rings (SSSR count). The number of hydrogen-bond acceptors (Lipinski definition) is 3. The molecule has 88 valence electrons. The number of hydrogen-bond donors (Lipinski definition) is 1. The minimum absolute atomic E-state index is 0.628. The first kappa shape index (κ1) is 11.3. The molecule has 3 heteroatoms. The zero-order valence-corrected chi connectivity index (χ0v) is 10.0. The van der Waals surface area contributed by atoms with Gasteiger partial charge in [0.15, 0.2) is 0 Å². The van der Waals surface area contributed by atoms with Gasteiger partial charge >= 0.3 is 0 Å². The Balaban J connectivity index is 2.50. The van der Waals surface area contributed by atoms with Gasteiger partial charge in [-0.1, -0.05) is 0 Å². The summed E-state index contributed by atoms with van der Waals surface area (Å²) >= 11 is 0. The predicted octanol–water partition coefficient (Wildman–Crippen LogP) is 1.94. The number of ether oxygens (including phenoxy) is 2. The third kappa shape index (κ3) is 1.87. The number of fused-ring (bicyclic) bond motifs is 1. The lowest BCUT2D eigenvalue weighted by atomic mass is 9.81. The van der Waals surface area contributed by atoms with Crippen molar-refractivity contribution >= 4 is 0 Å². The third-order valence-corrected chi connectivity index (χ3v) is 3.26. The molecule has 1 N–H and O–H groups in total. The Labute approximate surface area is 96.0 Å². The summed E-state index contributed by atoms with van der Waals surface area (Å²) in [4.78, 5) is 0. The normalized spacial score (nSPS) is 23.8. The van der Waals surface area contributed by atoms with Crippen molar-refractivity contribution in [1.82, 2.24) is 0 Å². The fraction of sp³-hybridized carbons (Fsp3) is 0.538. The van der Waals surface area contributed by atoms with Crippen molar-refractivity contribution in [2.45, 2.75) is 31.8 Å². The number of methoxy groups -OCH3 is 2. The van der Waals surface area contributed by atoms with Crippen molar-refractivity contribution in [3.63, 3.8) is 0 Å². The molecule has 0 spiro atoms. The molecule has 0 bridgehead atoms. The summed E-state index contributed by atoms with van der Waals surface area (Å²) in [5, 5.41) is 10.1. The molecule has 1 atom stereocenters. The van der Waals surface area contributed by atoms with E-state index in [0.29, 0.717) is 6.42 Å². The Kier molecular flexibility index (Phi) is 2.80. The van der Waals surface area contributed by atoms with Gasteiger partial charge in [-0.25, -0.2) is 0 Å². The van der Waals surface area contributed by atoms with Gasteiger partial charge in [0.1, 0.15) is 11.5 Å². The van der Waals surface area contributed by atoms with E-state index in [1.807, 2.05) is 19.1 Å². The molecule has 0 heterocycles. The standard InChI is InChI=1S/C13H18O3/c1-13(14)7-6-9-10(8-13)12(16-3)5-4-11(9)15-2/h4-5,14H,6-8H2,1-3H3/t13-/m1/s1. The van der Waals surface area contributed by atoms with Gasteiger partial charge in [-0.3, -0.25) is 0 Å². The predicted molar refractivity (Wildman–Crippen MR) is 62.2 cm³/mol. The smallest absolute Gasteiger partial charge is 0.122 e. The molecule has 0 fully saturated rings. The SMILES string of the molecule is COc1ccc(OC)c2c1CC[C@@](C)(O)C2. The molecule has 1 aliphatic carbocycles. The number of aliphatic hydroxyl groups is 1. The fourth-order valence-electron chi connectivity index (χ4n) is 2.36. The summed E-state index contributed by atoms with van der Waals surface area (Å²) in [6, 6.07) is 3.83. The zero-order chi connectivity index (χ0) is 11.8. The maximum Gasteiger partial charge on any atom is 0.122 e. The second-order valence-corrected chi connectivity index (χ2v) is 4.60. The quantitative estimate of drug-likeness (QED) is 0.831. The minimum atomic E-state index is -0.632.